The van der Waals surface area contributed by atoms with Crippen molar-refractivity contribution in [2.75, 3.05) is 6.54 Å². The van der Waals surface area contributed by atoms with E-state index in [0.29, 0.717) is 5.76 Å². The molecule has 0 saturated heterocycles. The molecule has 0 fully saturated rings. The van der Waals surface area contributed by atoms with Crippen LogP contribution in [-0.4, -0.2) is 24.0 Å². The van der Waals surface area contributed by atoms with Crippen LogP contribution in [0.3, 0.4) is 0 Å². The fraction of sp³-hybridized carbons (Fsp3) is 0.368. The van der Waals surface area contributed by atoms with E-state index < -0.39 is 20.8 Å². The second kappa shape index (κ2) is 6.84. The summed E-state index contributed by atoms with van der Waals surface area (Å²) in [4.78, 5) is 0. The summed E-state index contributed by atoms with van der Waals surface area (Å²) in [5, 5.41) is 0. The van der Waals surface area contributed by atoms with Crippen molar-refractivity contribution in [3.8, 4) is 12.3 Å². The number of sulfonamides is 1. The fourth-order valence-electron chi connectivity index (χ4n) is 2.51. The second-order valence-corrected chi connectivity index (χ2v) is 9.29. The van der Waals surface area contributed by atoms with Crippen LogP contribution < -0.4 is 0 Å². The van der Waals surface area contributed by atoms with Gasteiger partial charge in [0.1, 0.15) is 11.8 Å². The summed E-state index contributed by atoms with van der Waals surface area (Å²) < 4.78 is 32.3. The molecular formula is C19H23NO3S. The third-order valence-corrected chi connectivity index (χ3v) is 6.39. The molecule has 1 atom stereocenters. The van der Waals surface area contributed by atoms with Crippen molar-refractivity contribution < 1.29 is 12.8 Å². The second-order valence-electron chi connectivity index (χ2n) is 6.65. The largest absolute Gasteiger partial charge is 0.467 e. The summed E-state index contributed by atoms with van der Waals surface area (Å²) >= 11 is 0. The zero-order valence-corrected chi connectivity index (χ0v) is 15.3. The van der Waals surface area contributed by atoms with E-state index >= 15 is 0 Å². The van der Waals surface area contributed by atoms with Crippen LogP contribution >= 0.6 is 0 Å². The minimum atomic E-state index is -3.66. The van der Waals surface area contributed by atoms with E-state index in [1.807, 2.05) is 43.3 Å². The van der Waals surface area contributed by atoms with Crippen molar-refractivity contribution >= 4 is 10.0 Å². The topological polar surface area (TPSA) is 50.5 Å². The molecule has 1 heterocycles. The molecule has 2 aromatic rings. The third kappa shape index (κ3) is 3.40. The SMILES string of the molecule is C#CCN([C@@H](c1ccccc1)c1occc1C)S(=O)(=O)C(C)(C)C. The molecule has 0 saturated carbocycles. The van der Waals surface area contributed by atoms with Crippen molar-refractivity contribution in [2.24, 2.45) is 0 Å². The van der Waals surface area contributed by atoms with Gasteiger partial charge in [0.05, 0.1) is 17.6 Å². The first-order chi connectivity index (χ1) is 11.2. The van der Waals surface area contributed by atoms with Gasteiger partial charge in [-0.3, -0.25) is 0 Å². The number of terminal acetylenes is 1. The molecule has 4 nitrogen and oxygen atoms in total. The number of aryl methyl sites for hydroxylation is 1. The lowest BCUT2D eigenvalue weighted by atomic mass is 10.0. The molecule has 0 N–H and O–H groups in total. The molecule has 0 amide bonds. The minimum Gasteiger partial charge on any atom is -0.467 e. The molecule has 128 valence electrons. The maximum Gasteiger partial charge on any atom is 0.220 e. The summed E-state index contributed by atoms with van der Waals surface area (Å²) in [6.07, 6.45) is 7.06. The number of hydrogen-bond acceptors (Lipinski definition) is 3. The monoisotopic (exact) mass is 345 g/mol. The lowest BCUT2D eigenvalue weighted by Gasteiger charge is -2.34. The van der Waals surface area contributed by atoms with E-state index in [-0.39, 0.29) is 6.54 Å². The molecule has 5 heteroatoms. The lowest BCUT2D eigenvalue weighted by Crippen LogP contribution is -2.45. The maximum atomic E-state index is 13.2. The first-order valence-electron chi connectivity index (χ1n) is 7.74. The van der Waals surface area contributed by atoms with Gasteiger partial charge in [-0.2, -0.15) is 4.31 Å². The summed E-state index contributed by atoms with van der Waals surface area (Å²) in [6, 6.07) is 10.6. The Morgan fingerprint density at radius 2 is 1.83 bits per heavy atom. The van der Waals surface area contributed by atoms with Crippen LogP contribution in [0.5, 0.6) is 0 Å². The molecule has 0 aliphatic heterocycles. The highest BCUT2D eigenvalue weighted by Gasteiger charge is 2.41. The van der Waals surface area contributed by atoms with Crippen LogP contribution in [0.1, 0.15) is 43.7 Å². The number of benzene rings is 1. The maximum absolute atomic E-state index is 13.2. The Kier molecular flexibility index (Phi) is 5.22. The van der Waals surface area contributed by atoms with Gasteiger partial charge in [0.2, 0.25) is 10.0 Å². The van der Waals surface area contributed by atoms with Crippen LogP contribution in [0.2, 0.25) is 0 Å². The Balaban J connectivity index is 2.69. The van der Waals surface area contributed by atoms with Gasteiger partial charge >= 0.3 is 0 Å². The van der Waals surface area contributed by atoms with E-state index in [9.17, 15) is 8.42 Å². The van der Waals surface area contributed by atoms with Crippen molar-refractivity contribution in [1.82, 2.24) is 4.31 Å². The summed E-state index contributed by atoms with van der Waals surface area (Å²) in [7, 11) is -3.66. The van der Waals surface area contributed by atoms with Crippen molar-refractivity contribution in [1.29, 1.82) is 0 Å². The highest BCUT2D eigenvalue weighted by Crippen LogP contribution is 2.36. The van der Waals surface area contributed by atoms with Gasteiger partial charge in [0.15, 0.2) is 0 Å². The highest BCUT2D eigenvalue weighted by molar-refractivity contribution is 7.90. The molecule has 0 bridgehead atoms. The molecule has 0 unspecified atom stereocenters. The standard InChI is InChI=1S/C19H23NO3S/c1-6-13-20(24(21,22)19(3,4)5)17(16-10-8-7-9-11-16)18-15(2)12-14-23-18/h1,7-12,14,17H,13H2,2-5H3/t17-/m0/s1. The van der Waals surface area contributed by atoms with E-state index in [1.54, 1.807) is 27.0 Å². The Labute approximate surface area is 144 Å². The predicted molar refractivity (Wildman–Crippen MR) is 95.9 cm³/mol. The number of hydrogen-bond donors (Lipinski definition) is 0. The van der Waals surface area contributed by atoms with E-state index in [0.717, 1.165) is 11.1 Å². The normalized spacial score (nSPS) is 13.7. The highest BCUT2D eigenvalue weighted by atomic mass is 32.2. The summed E-state index contributed by atoms with van der Waals surface area (Å²) in [6.45, 7) is 6.88. The van der Waals surface area contributed by atoms with Crippen LogP contribution in [0.15, 0.2) is 47.1 Å². The van der Waals surface area contributed by atoms with Crippen molar-refractivity contribution in [2.45, 2.75) is 38.5 Å². The number of furan rings is 1. The van der Waals surface area contributed by atoms with Gasteiger partial charge in [0.25, 0.3) is 0 Å². The molecular weight excluding hydrogens is 322 g/mol. The Morgan fingerprint density at radius 3 is 2.29 bits per heavy atom. The van der Waals surface area contributed by atoms with Crippen LogP contribution in [-0.2, 0) is 10.0 Å². The molecule has 0 aliphatic carbocycles. The zero-order valence-electron chi connectivity index (χ0n) is 14.5. The van der Waals surface area contributed by atoms with E-state index in [1.165, 1.54) is 4.31 Å². The van der Waals surface area contributed by atoms with Gasteiger partial charge in [0, 0.05) is 0 Å². The van der Waals surface area contributed by atoms with E-state index in [4.69, 9.17) is 10.8 Å². The van der Waals surface area contributed by atoms with Crippen molar-refractivity contribution in [3.63, 3.8) is 0 Å². The predicted octanol–water partition coefficient (Wildman–Crippen LogP) is 3.74. The number of nitrogens with zero attached hydrogens (tertiary/aromatic N) is 1. The van der Waals surface area contributed by atoms with Gasteiger partial charge in [-0.15, -0.1) is 6.42 Å². The average molecular weight is 345 g/mol. The molecule has 0 aliphatic rings. The first kappa shape index (κ1) is 18.3. The van der Waals surface area contributed by atoms with Crippen LogP contribution in [0.25, 0.3) is 0 Å². The number of rotatable bonds is 5. The van der Waals surface area contributed by atoms with Crippen LogP contribution in [0.4, 0.5) is 0 Å². The fourth-order valence-corrected chi connectivity index (χ4v) is 3.95. The van der Waals surface area contributed by atoms with E-state index in [2.05, 4.69) is 5.92 Å². The molecule has 0 radical (unpaired) electrons. The quantitative estimate of drug-likeness (QED) is 0.776. The first-order valence-corrected chi connectivity index (χ1v) is 9.18. The molecule has 1 aromatic heterocycles. The lowest BCUT2D eigenvalue weighted by molar-refractivity contribution is 0.331. The van der Waals surface area contributed by atoms with Crippen molar-refractivity contribution in [3.05, 3.63) is 59.5 Å². The molecule has 2 rings (SSSR count). The Morgan fingerprint density at radius 1 is 1.21 bits per heavy atom. The van der Waals surface area contributed by atoms with Gasteiger partial charge in [-0.25, -0.2) is 8.42 Å². The summed E-state index contributed by atoms with van der Waals surface area (Å²) in [5.74, 6) is 3.07. The molecule has 1 aromatic carbocycles. The smallest absolute Gasteiger partial charge is 0.220 e. The summed E-state index contributed by atoms with van der Waals surface area (Å²) in [5.41, 5.74) is 1.70. The average Bonchev–Trinajstić information content (AvgIpc) is 2.93. The Bertz CT molecular complexity index is 823. The minimum absolute atomic E-state index is 0.0285. The van der Waals surface area contributed by atoms with Gasteiger partial charge < -0.3 is 4.42 Å². The third-order valence-electron chi connectivity index (χ3n) is 3.88. The van der Waals surface area contributed by atoms with Gasteiger partial charge in [-0.1, -0.05) is 36.3 Å². The molecule has 24 heavy (non-hydrogen) atoms. The zero-order chi connectivity index (χ0) is 18.0. The van der Waals surface area contributed by atoms with Crippen LogP contribution in [0, 0.1) is 19.3 Å². The molecule has 0 spiro atoms. The van der Waals surface area contributed by atoms with Gasteiger partial charge in [-0.05, 0) is 44.9 Å². The Hall–Kier alpha value is -2.03.